The van der Waals surface area contributed by atoms with E-state index in [1.807, 2.05) is 17.0 Å². The monoisotopic (exact) mass is 437 g/mol. The molecule has 0 radical (unpaired) electrons. The van der Waals surface area contributed by atoms with Gasteiger partial charge in [-0.15, -0.1) is 0 Å². The van der Waals surface area contributed by atoms with E-state index >= 15 is 0 Å². The van der Waals surface area contributed by atoms with Crippen LogP contribution in [0, 0.1) is 0 Å². The van der Waals surface area contributed by atoms with Gasteiger partial charge in [0.15, 0.2) is 0 Å². The second-order valence-electron chi connectivity index (χ2n) is 8.56. The SMILES string of the molecule is COc1ccccc1NC(=O)c1cc2c(nc1N)CCN(C(=O)CN1CCCCC1C)C2. The van der Waals surface area contributed by atoms with Gasteiger partial charge in [-0.25, -0.2) is 4.98 Å². The van der Waals surface area contributed by atoms with E-state index in [1.54, 1.807) is 25.3 Å². The fraction of sp³-hybridized carbons (Fsp3) is 0.458. The highest BCUT2D eigenvalue weighted by molar-refractivity contribution is 6.08. The minimum Gasteiger partial charge on any atom is -0.495 e. The minimum atomic E-state index is -0.354. The fourth-order valence-electron chi connectivity index (χ4n) is 4.49. The third-order valence-corrected chi connectivity index (χ3v) is 6.43. The predicted octanol–water partition coefficient (Wildman–Crippen LogP) is 2.68. The molecule has 1 saturated heterocycles. The second kappa shape index (κ2) is 9.56. The van der Waals surface area contributed by atoms with Gasteiger partial charge in [-0.1, -0.05) is 18.6 Å². The topological polar surface area (TPSA) is 101 Å². The molecular weight excluding hydrogens is 406 g/mol. The van der Waals surface area contributed by atoms with Gasteiger partial charge in [-0.05, 0) is 50.1 Å². The molecule has 3 heterocycles. The summed E-state index contributed by atoms with van der Waals surface area (Å²) in [5.41, 5.74) is 8.70. The maximum absolute atomic E-state index is 13.0. The zero-order chi connectivity index (χ0) is 22.7. The Morgan fingerprint density at radius 1 is 1.25 bits per heavy atom. The summed E-state index contributed by atoms with van der Waals surface area (Å²) in [6, 6.07) is 9.40. The van der Waals surface area contributed by atoms with Crippen LogP contribution in [0.5, 0.6) is 5.75 Å². The zero-order valence-corrected chi connectivity index (χ0v) is 18.8. The van der Waals surface area contributed by atoms with Gasteiger partial charge in [0.2, 0.25) is 5.91 Å². The summed E-state index contributed by atoms with van der Waals surface area (Å²) in [5.74, 6) is 0.529. The summed E-state index contributed by atoms with van der Waals surface area (Å²) in [7, 11) is 1.55. The number of rotatable bonds is 5. The number of likely N-dealkylation sites (tertiary alicyclic amines) is 1. The third-order valence-electron chi connectivity index (χ3n) is 6.43. The van der Waals surface area contributed by atoms with Gasteiger partial charge in [-0.3, -0.25) is 14.5 Å². The Labute approximate surface area is 188 Å². The van der Waals surface area contributed by atoms with Crippen LogP contribution < -0.4 is 15.8 Å². The lowest BCUT2D eigenvalue weighted by Gasteiger charge is -2.35. The number of pyridine rings is 1. The number of fused-ring (bicyclic) bond motifs is 1. The van der Waals surface area contributed by atoms with Gasteiger partial charge < -0.3 is 20.7 Å². The molecule has 2 aliphatic heterocycles. The number of aromatic nitrogens is 1. The highest BCUT2D eigenvalue weighted by Gasteiger charge is 2.27. The van der Waals surface area contributed by atoms with E-state index in [0.29, 0.717) is 49.1 Å². The predicted molar refractivity (Wildman–Crippen MR) is 124 cm³/mol. The van der Waals surface area contributed by atoms with Crippen LogP contribution in [0.3, 0.4) is 0 Å². The molecule has 8 heteroatoms. The zero-order valence-electron chi connectivity index (χ0n) is 18.8. The first-order valence-corrected chi connectivity index (χ1v) is 11.2. The molecule has 0 aliphatic carbocycles. The van der Waals surface area contributed by atoms with Crippen molar-refractivity contribution >= 4 is 23.3 Å². The molecule has 2 aliphatic rings. The van der Waals surface area contributed by atoms with Gasteiger partial charge in [0.25, 0.3) is 5.91 Å². The molecule has 170 valence electrons. The molecule has 32 heavy (non-hydrogen) atoms. The highest BCUT2D eigenvalue weighted by atomic mass is 16.5. The number of nitrogens with zero attached hydrogens (tertiary/aromatic N) is 3. The van der Waals surface area contributed by atoms with E-state index < -0.39 is 0 Å². The normalized spacial score (nSPS) is 18.7. The maximum atomic E-state index is 13.0. The third kappa shape index (κ3) is 4.70. The Morgan fingerprint density at radius 2 is 2.06 bits per heavy atom. The van der Waals surface area contributed by atoms with Crippen LogP contribution in [0.4, 0.5) is 11.5 Å². The summed E-state index contributed by atoms with van der Waals surface area (Å²) in [4.78, 5) is 34.5. The number of hydrogen-bond donors (Lipinski definition) is 2. The summed E-state index contributed by atoms with van der Waals surface area (Å²) < 4.78 is 5.30. The van der Waals surface area contributed by atoms with Gasteiger partial charge >= 0.3 is 0 Å². The van der Waals surface area contributed by atoms with Crippen molar-refractivity contribution in [3.05, 3.63) is 47.2 Å². The number of hydrogen-bond acceptors (Lipinski definition) is 6. The van der Waals surface area contributed by atoms with Crippen molar-refractivity contribution in [2.75, 3.05) is 37.8 Å². The molecule has 2 aromatic rings. The highest BCUT2D eigenvalue weighted by Crippen LogP contribution is 2.26. The van der Waals surface area contributed by atoms with E-state index in [9.17, 15) is 9.59 Å². The minimum absolute atomic E-state index is 0.126. The van der Waals surface area contributed by atoms with E-state index in [4.69, 9.17) is 10.5 Å². The number of benzene rings is 1. The molecular formula is C24H31N5O3. The smallest absolute Gasteiger partial charge is 0.259 e. The molecule has 1 fully saturated rings. The Hall–Kier alpha value is -3.13. The van der Waals surface area contributed by atoms with Crippen molar-refractivity contribution < 1.29 is 14.3 Å². The molecule has 1 aromatic carbocycles. The lowest BCUT2D eigenvalue weighted by molar-refractivity contribution is -0.134. The Morgan fingerprint density at radius 3 is 2.84 bits per heavy atom. The lowest BCUT2D eigenvalue weighted by Crippen LogP contribution is -2.47. The molecule has 1 aromatic heterocycles. The van der Waals surface area contributed by atoms with Crippen LogP contribution in [0.15, 0.2) is 30.3 Å². The average Bonchev–Trinajstić information content (AvgIpc) is 2.80. The first-order chi connectivity index (χ1) is 15.5. The number of methoxy groups -OCH3 is 1. The van der Waals surface area contributed by atoms with Crippen LogP contribution in [0.25, 0.3) is 0 Å². The standard InChI is InChI=1S/C24H31N5O3/c1-16-7-5-6-11-28(16)15-22(30)29-12-10-19-17(14-29)13-18(23(25)26-19)24(31)27-20-8-3-4-9-21(20)32-2/h3-4,8-9,13,16H,5-7,10-12,14-15H2,1-2H3,(H2,25,26)(H,27,31). The van der Waals surface area contributed by atoms with Gasteiger partial charge in [0.05, 0.1) is 24.9 Å². The van der Waals surface area contributed by atoms with Crippen LogP contribution in [0.2, 0.25) is 0 Å². The number of amides is 2. The Balaban J connectivity index is 1.48. The molecule has 0 spiro atoms. The molecule has 1 unspecified atom stereocenters. The number of carbonyl (C=O) groups excluding carboxylic acids is 2. The Kier molecular flexibility index (Phi) is 6.60. The van der Waals surface area contributed by atoms with E-state index in [-0.39, 0.29) is 17.6 Å². The molecule has 3 N–H and O–H groups in total. The van der Waals surface area contributed by atoms with Gasteiger partial charge in [0.1, 0.15) is 11.6 Å². The summed E-state index contributed by atoms with van der Waals surface area (Å²) in [5, 5.41) is 2.85. The van der Waals surface area contributed by atoms with Crippen molar-refractivity contribution in [3.63, 3.8) is 0 Å². The van der Waals surface area contributed by atoms with E-state index in [0.717, 1.165) is 30.6 Å². The number of nitrogen functional groups attached to an aromatic ring is 1. The molecule has 2 amide bonds. The largest absolute Gasteiger partial charge is 0.495 e. The van der Waals surface area contributed by atoms with Crippen molar-refractivity contribution in [2.45, 2.75) is 45.2 Å². The average molecular weight is 438 g/mol. The molecule has 1 atom stereocenters. The number of piperidine rings is 1. The van der Waals surface area contributed by atoms with Gasteiger partial charge in [0, 0.05) is 31.2 Å². The number of para-hydroxylation sites is 2. The molecule has 4 rings (SSSR count). The summed E-state index contributed by atoms with van der Waals surface area (Å²) in [6.07, 6.45) is 4.16. The van der Waals surface area contributed by atoms with Crippen molar-refractivity contribution in [1.82, 2.24) is 14.8 Å². The van der Waals surface area contributed by atoms with E-state index in [1.165, 1.54) is 6.42 Å². The fourth-order valence-corrected chi connectivity index (χ4v) is 4.49. The lowest BCUT2D eigenvalue weighted by atomic mass is 10.0. The molecule has 0 saturated carbocycles. The molecule has 8 nitrogen and oxygen atoms in total. The van der Waals surface area contributed by atoms with Crippen LogP contribution >= 0.6 is 0 Å². The first-order valence-electron chi connectivity index (χ1n) is 11.2. The number of nitrogens with two attached hydrogens (primary N) is 1. The number of nitrogens with one attached hydrogen (secondary N) is 1. The number of carbonyl (C=O) groups is 2. The number of anilines is 2. The van der Waals surface area contributed by atoms with E-state index in [2.05, 4.69) is 22.1 Å². The molecule has 0 bridgehead atoms. The van der Waals surface area contributed by atoms with Crippen molar-refractivity contribution in [2.24, 2.45) is 0 Å². The second-order valence-corrected chi connectivity index (χ2v) is 8.56. The Bertz CT molecular complexity index is 1010. The van der Waals surface area contributed by atoms with Crippen LogP contribution in [-0.4, -0.2) is 59.4 Å². The quantitative estimate of drug-likeness (QED) is 0.746. The van der Waals surface area contributed by atoms with Gasteiger partial charge in [-0.2, -0.15) is 0 Å². The first kappa shape index (κ1) is 22.1. The number of ether oxygens (including phenoxy) is 1. The van der Waals surface area contributed by atoms with Crippen LogP contribution in [-0.2, 0) is 17.8 Å². The maximum Gasteiger partial charge on any atom is 0.259 e. The summed E-state index contributed by atoms with van der Waals surface area (Å²) in [6.45, 7) is 4.67. The summed E-state index contributed by atoms with van der Waals surface area (Å²) >= 11 is 0. The van der Waals surface area contributed by atoms with Crippen molar-refractivity contribution in [3.8, 4) is 5.75 Å². The van der Waals surface area contributed by atoms with Crippen molar-refractivity contribution in [1.29, 1.82) is 0 Å². The van der Waals surface area contributed by atoms with Crippen LogP contribution in [0.1, 0.15) is 47.8 Å².